The molecule has 0 saturated heterocycles. The third kappa shape index (κ3) is 6.51. The molecule has 2 aromatic rings. The number of hydrogen-bond donors (Lipinski definition) is 0. The van der Waals surface area contributed by atoms with Crippen molar-refractivity contribution in [2.45, 2.75) is 39.5 Å². The van der Waals surface area contributed by atoms with Crippen LogP contribution in [-0.2, 0) is 25.6 Å². The summed E-state index contributed by atoms with van der Waals surface area (Å²) in [5.41, 5.74) is 3.22. The number of carbonyl (C=O) groups is 2. The summed E-state index contributed by atoms with van der Waals surface area (Å²) in [5.74, 6) is -1.45. The normalized spacial score (nSPS) is 12.0. The monoisotopic (exact) mass is 420 g/mol. The van der Waals surface area contributed by atoms with Gasteiger partial charge in [0.1, 0.15) is 12.9 Å². The van der Waals surface area contributed by atoms with Crippen molar-refractivity contribution >= 4 is 17.5 Å². The maximum atomic E-state index is 12.9. The van der Waals surface area contributed by atoms with Crippen LogP contribution in [0.1, 0.15) is 44.2 Å². The van der Waals surface area contributed by atoms with Crippen LogP contribution in [0.15, 0.2) is 53.7 Å². The van der Waals surface area contributed by atoms with Crippen LogP contribution in [0.5, 0.6) is 0 Å². The zero-order chi connectivity index (χ0) is 22.6. The summed E-state index contributed by atoms with van der Waals surface area (Å²) in [4.78, 5) is 30.2. The first kappa shape index (κ1) is 23.8. The number of nitriles is 1. The van der Waals surface area contributed by atoms with Crippen molar-refractivity contribution in [3.63, 3.8) is 0 Å². The van der Waals surface area contributed by atoms with Crippen molar-refractivity contribution in [1.29, 1.82) is 5.26 Å². The molecule has 6 heteroatoms. The smallest absolute Gasteiger partial charge is 0.356 e. The molecular formula is C25H28N2O4. The van der Waals surface area contributed by atoms with E-state index in [-0.39, 0.29) is 18.1 Å². The average molecular weight is 421 g/mol. The van der Waals surface area contributed by atoms with Gasteiger partial charge in [-0.25, -0.2) is 4.79 Å². The molecule has 1 unspecified atom stereocenters. The van der Waals surface area contributed by atoms with E-state index in [9.17, 15) is 14.9 Å². The number of Topliss-reactive ketones (excluding diaryl/α,β-unsaturated/α-hetero) is 1. The van der Waals surface area contributed by atoms with Crippen molar-refractivity contribution in [2.24, 2.45) is 11.1 Å². The minimum absolute atomic E-state index is 0.00986. The Kier molecular flexibility index (Phi) is 9.44. The van der Waals surface area contributed by atoms with Crippen molar-refractivity contribution in [1.82, 2.24) is 0 Å². The number of esters is 1. The predicted molar refractivity (Wildman–Crippen MR) is 119 cm³/mol. The fraction of sp³-hybridized carbons (Fsp3) is 0.360. The lowest BCUT2D eigenvalue weighted by atomic mass is 9.87. The summed E-state index contributed by atoms with van der Waals surface area (Å²) in [6.45, 7) is 3.90. The van der Waals surface area contributed by atoms with Crippen LogP contribution >= 0.6 is 0 Å². The zero-order valence-electron chi connectivity index (χ0n) is 18.3. The van der Waals surface area contributed by atoms with E-state index in [0.717, 1.165) is 29.5 Å². The molecule has 31 heavy (non-hydrogen) atoms. The number of carbonyl (C=O) groups excluding carboxylic acids is 2. The summed E-state index contributed by atoms with van der Waals surface area (Å²) < 4.78 is 5.10. The van der Waals surface area contributed by atoms with Crippen molar-refractivity contribution in [3.05, 3.63) is 59.7 Å². The molecule has 2 aromatic carbocycles. The number of nitrogens with zero attached hydrogens (tertiary/aromatic N) is 2. The van der Waals surface area contributed by atoms with Gasteiger partial charge in [-0.05, 0) is 42.5 Å². The molecule has 1 atom stereocenters. The molecular weight excluding hydrogens is 392 g/mol. The van der Waals surface area contributed by atoms with E-state index < -0.39 is 11.9 Å². The second-order valence-electron chi connectivity index (χ2n) is 7.06. The van der Waals surface area contributed by atoms with Crippen LogP contribution in [0.25, 0.3) is 11.1 Å². The fourth-order valence-electron chi connectivity index (χ4n) is 3.32. The molecule has 0 fully saturated rings. The van der Waals surface area contributed by atoms with Crippen molar-refractivity contribution in [2.75, 3.05) is 13.7 Å². The largest absolute Gasteiger partial charge is 0.461 e. The Labute approximate surface area is 183 Å². The molecule has 0 radical (unpaired) electrons. The molecule has 0 saturated carbocycles. The molecule has 2 rings (SSSR count). The highest BCUT2D eigenvalue weighted by atomic mass is 16.6. The lowest BCUT2D eigenvalue weighted by Gasteiger charge is -2.17. The summed E-state index contributed by atoms with van der Waals surface area (Å²) in [6, 6.07) is 17.2. The van der Waals surface area contributed by atoms with Gasteiger partial charge in [-0.15, -0.1) is 0 Å². The van der Waals surface area contributed by atoms with Gasteiger partial charge in [0.25, 0.3) is 0 Å². The Morgan fingerprint density at radius 3 is 2.42 bits per heavy atom. The van der Waals surface area contributed by atoms with Gasteiger partial charge >= 0.3 is 5.97 Å². The molecule has 0 aliphatic heterocycles. The lowest BCUT2D eigenvalue weighted by Crippen LogP contribution is -2.33. The number of ketones is 1. The van der Waals surface area contributed by atoms with Crippen LogP contribution in [0.2, 0.25) is 0 Å². The van der Waals surface area contributed by atoms with E-state index in [1.165, 1.54) is 7.11 Å². The number of rotatable bonds is 11. The maximum Gasteiger partial charge on any atom is 0.356 e. The van der Waals surface area contributed by atoms with Gasteiger partial charge in [0.05, 0.1) is 24.2 Å². The molecule has 162 valence electrons. The van der Waals surface area contributed by atoms with Crippen LogP contribution in [0.4, 0.5) is 0 Å². The number of unbranched alkanes of at least 4 members (excludes halogenated alkanes) is 1. The van der Waals surface area contributed by atoms with E-state index in [1.807, 2.05) is 49.4 Å². The topological polar surface area (TPSA) is 88.8 Å². The molecule has 0 heterocycles. The highest BCUT2D eigenvalue weighted by Crippen LogP contribution is 2.25. The maximum absolute atomic E-state index is 12.9. The van der Waals surface area contributed by atoms with Gasteiger partial charge in [-0.1, -0.05) is 61.0 Å². The number of ether oxygens (including phenoxy) is 1. The first-order chi connectivity index (χ1) is 15.0. The summed E-state index contributed by atoms with van der Waals surface area (Å²) in [5, 5.41) is 13.2. The van der Waals surface area contributed by atoms with Gasteiger partial charge in [0, 0.05) is 6.42 Å². The first-order valence-electron chi connectivity index (χ1n) is 10.4. The summed E-state index contributed by atoms with van der Waals surface area (Å²) in [7, 11) is 1.34. The molecule has 0 amide bonds. The minimum atomic E-state index is -0.747. The molecule has 0 aromatic heterocycles. The van der Waals surface area contributed by atoms with Gasteiger partial charge in [-0.3, -0.25) is 4.79 Å². The van der Waals surface area contributed by atoms with Crippen LogP contribution in [0.3, 0.4) is 0 Å². The average Bonchev–Trinajstić information content (AvgIpc) is 2.80. The number of oxime groups is 1. The third-order valence-electron chi connectivity index (χ3n) is 4.92. The molecule has 0 spiro atoms. The quantitative estimate of drug-likeness (QED) is 0.298. The minimum Gasteiger partial charge on any atom is -0.461 e. The standard InChI is InChI=1S/C25H28N2O4/c1-4-6-11-23(28)22(24(27-30-3)25(29)31-5-2)16-18-12-14-19(15-13-18)21-10-8-7-9-20(21)17-26/h7-10,12-15,22H,4-6,11,16H2,1-3H3. The summed E-state index contributed by atoms with van der Waals surface area (Å²) >= 11 is 0. The zero-order valence-corrected chi connectivity index (χ0v) is 18.3. The highest BCUT2D eigenvalue weighted by Gasteiger charge is 2.31. The second-order valence-corrected chi connectivity index (χ2v) is 7.06. The van der Waals surface area contributed by atoms with E-state index >= 15 is 0 Å². The number of benzene rings is 2. The molecule has 0 bridgehead atoms. The third-order valence-corrected chi connectivity index (χ3v) is 4.92. The van der Waals surface area contributed by atoms with E-state index in [4.69, 9.17) is 9.57 Å². The van der Waals surface area contributed by atoms with E-state index in [2.05, 4.69) is 11.2 Å². The first-order valence-corrected chi connectivity index (χ1v) is 10.4. The predicted octanol–water partition coefficient (Wildman–Crippen LogP) is 4.71. The molecule has 0 N–H and O–H groups in total. The second kappa shape index (κ2) is 12.3. The van der Waals surface area contributed by atoms with Gasteiger partial charge in [0.2, 0.25) is 0 Å². The van der Waals surface area contributed by atoms with Gasteiger partial charge in [-0.2, -0.15) is 5.26 Å². The van der Waals surface area contributed by atoms with Crippen molar-refractivity contribution in [3.8, 4) is 17.2 Å². The van der Waals surface area contributed by atoms with E-state index in [0.29, 0.717) is 18.4 Å². The molecule has 6 nitrogen and oxygen atoms in total. The highest BCUT2D eigenvalue weighted by molar-refractivity contribution is 6.40. The van der Waals surface area contributed by atoms with Crippen LogP contribution in [0, 0.1) is 17.2 Å². The van der Waals surface area contributed by atoms with Crippen LogP contribution < -0.4 is 0 Å². The lowest BCUT2D eigenvalue weighted by molar-refractivity contribution is -0.136. The van der Waals surface area contributed by atoms with Crippen molar-refractivity contribution < 1.29 is 19.2 Å². The summed E-state index contributed by atoms with van der Waals surface area (Å²) in [6.07, 6.45) is 2.28. The Hall–Kier alpha value is -3.46. The number of hydrogen-bond acceptors (Lipinski definition) is 6. The Morgan fingerprint density at radius 2 is 1.81 bits per heavy atom. The van der Waals surface area contributed by atoms with E-state index in [1.54, 1.807) is 13.0 Å². The Morgan fingerprint density at radius 1 is 1.10 bits per heavy atom. The van der Waals surface area contributed by atoms with Gasteiger partial charge < -0.3 is 9.57 Å². The van der Waals surface area contributed by atoms with Gasteiger partial charge in [0.15, 0.2) is 5.71 Å². The Bertz CT molecular complexity index is 958. The molecule has 0 aliphatic carbocycles. The molecule has 0 aliphatic rings. The Balaban J connectivity index is 2.33. The van der Waals surface area contributed by atoms with Crippen LogP contribution in [-0.4, -0.2) is 31.2 Å². The SMILES string of the molecule is CCCCC(=O)C(Cc1ccc(-c2ccccc2C#N)cc1)C(=NOC)C(=O)OCC. The fourth-order valence-corrected chi connectivity index (χ4v) is 3.32.